The molecule has 0 saturated carbocycles. The number of imidazole rings is 1. The molecule has 7 heteroatoms. The van der Waals surface area contributed by atoms with E-state index >= 15 is 0 Å². The first-order chi connectivity index (χ1) is 17.7. The first-order valence-electron chi connectivity index (χ1n) is 12.5. The zero-order valence-corrected chi connectivity index (χ0v) is 20.7. The van der Waals surface area contributed by atoms with Gasteiger partial charge in [-0.05, 0) is 49.2 Å². The molecule has 0 aliphatic carbocycles. The van der Waals surface area contributed by atoms with Crippen molar-refractivity contribution in [2.45, 2.75) is 20.4 Å². The second-order valence-corrected chi connectivity index (χ2v) is 9.27. The molecule has 4 heterocycles. The Labute approximate surface area is 210 Å². The van der Waals surface area contributed by atoms with Crippen LogP contribution in [0.4, 0.5) is 11.5 Å². The van der Waals surface area contributed by atoms with Gasteiger partial charge < -0.3 is 20.1 Å². The second-order valence-electron chi connectivity index (χ2n) is 9.27. The van der Waals surface area contributed by atoms with Crippen LogP contribution in [0, 0.1) is 13.8 Å². The van der Waals surface area contributed by atoms with E-state index in [1.54, 1.807) is 0 Å². The summed E-state index contributed by atoms with van der Waals surface area (Å²) >= 11 is 0. The van der Waals surface area contributed by atoms with Crippen LogP contribution in [0.1, 0.15) is 17.0 Å². The number of aromatic nitrogens is 3. The largest absolute Gasteiger partial charge is 0.369 e. The lowest BCUT2D eigenvalue weighted by Crippen LogP contribution is -2.43. The molecule has 0 unspecified atom stereocenters. The molecule has 0 spiro atoms. The Morgan fingerprint density at radius 1 is 0.944 bits per heavy atom. The average Bonchev–Trinajstić information content (AvgIpc) is 3.47. The van der Waals surface area contributed by atoms with Gasteiger partial charge in [0.25, 0.3) is 0 Å². The molecule has 2 N–H and O–H groups in total. The smallest absolute Gasteiger partial charge is 0.141 e. The molecule has 182 valence electrons. The van der Waals surface area contributed by atoms with Gasteiger partial charge in [-0.2, -0.15) is 0 Å². The number of pyridine rings is 1. The summed E-state index contributed by atoms with van der Waals surface area (Å²) in [6.45, 7) is 8.74. The maximum absolute atomic E-state index is 5.41. The fraction of sp³-hybridized carbons (Fsp3) is 0.241. The molecule has 36 heavy (non-hydrogen) atoms. The monoisotopic (exact) mass is 478 g/mol. The van der Waals surface area contributed by atoms with Crippen LogP contribution in [0.2, 0.25) is 0 Å². The normalized spacial score (nSPS) is 13.9. The topological polar surface area (TPSA) is 70.6 Å². The van der Waals surface area contributed by atoms with Crippen LogP contribution >= 0.6 is 0 Å². The highest BCUT2D eigenvalue weighted by molar-refractivity contribution is 5.80. The molecule has 1 aliphatic rings. The van der Waals surface area contributed by atoms with Gasteiger partial charge in [0, 0.05) is 55.7 Å². The molecule has 7 nitrogen and oxygen atoms in total. The van der Waals surface area contributed by atoms with Crippen LogP contribution in [0.5, 0.6) is 0 Å². The van der Waals surface area contributed by atoms with Crippen molar-refractivity contribution in [3.8, 4) is 22.4 Å². The number of benzene rings is 2. The molecule has 1 saturated heterocycles. The van der Waals surface area contributed by atoms with Crippen LogP contribution < -0.4 is 15.5 Å². The van der Waals surface area contributed by atoms with Crippen molar-refractivity contribution in [3.63, 3.8) is 0 Å². The van der Waals surface area contributed by atoms with Crippen molar-refractivity contribution in [2.75, 3.05) is 36.4 Å². The summed E-state index contributed by atoms with van der Waals surface area (Å²) in [6, 6.07) is 23.4. The van der Waals surface area contributed by atoms with Crippen molar-refractivity contribution < 1.29 is 4.52 Å². The van der Waals surface area contributed by atoms with E-state index in [1.165, 1.54) is 11.3 Å². The summed E-state index contributed by atoms with van der Waals surface area (Å²) in [6.07, 6.45) is 2.08. The van der Waals surface area contributed by atoms with Gasteiger partial charge in [0.2, 0.25) is 0 Å². The first-order valence-corrected chi connectivity index (χ1v) is 12.5. The SMILES string of the molecule is Cc1noc(C)c1-c1ccn2c(NCc3ccccc3)c(-c3ccc(N4CCNCC4)cc3)nc2c1. The Morgan fingerprint density at radius 3 is 2.44 bits per heavy atom. The van der Waals surface area contributed by atoms with Gasteiger partial charge in [-0.3, -0.25) is 4.40 Å². The van der Waals surface area contributed by atoms with E-state index in [0.29, 0.717) is 6.54 Å². The van der Waals surface area contributed by atoms with Gasteiger partial charge in [0.15, 0.2) is 0 Å². The summed E-state index contributed by atoms with van der Waals surface area (Å²) < 4.78 is 7.54. The zero-order chi connectivity index (χ0) is 24.5. The van der Waals surface area contributed by atoms with Crippen LogP contribution in [-0.2, 0) is 6.54 Å². The maximum atomic E-state index is 5.41. The van der Waals surface area contributed by atoms with Gasteiger partial charge in [-0.15, -0.1) is 0 Å². The number of hydrogen-bond acceptors (Lipinski definition) is 6. The number of hydrogen-bond donors (Lipinski definition) is 2. The van der Waals surface area contributed by atoms with Gasteiger partial charge in [0.1, 0.15) is 22.9 Å². The predicted molar refractivity (Wildman–Crippen MR) is 144 cm³/mol. The highest BCUT2D eigenvalue weighted by Crippen LogP contribution is 2.34. The van der Waals surface area contributed by atoms with Crippen molar-refractivity contribution >= 4 is 17.2 Å². The van der Waals surface area contributed by atoms with Crippen molar-refractivity contribution in [1.29, 1.82) is 0 Å². The van der Waals surface area contributed by atoms with Crippen molar-refractivity contribution in [2.24, 2.45) is 0 Å². The van der Waals surface area contributed by atoms with Crippen LogP contribution in [0.3, 0.4) is 0 Å². The molecule has 6 rings (SSSR count). The minimum absolute atomic E-state index is 0.714. The molecule has 0 bridgehead atoms. The Bertz CT molecular complexity index is 1460. The average molecular weight is 479 g/mol. The molecule has 0 atom stereocenters. The van der Waals surface area contributed by atoms with E-state index in [-0.39, 0.29) is 0 Å². The lowest BCUT2D eigenvalue weighted by atomic mass is 10.1. The Balaban J connectivity index is 1.40. The third-order valence-electron chi connectivity index (χ3n) is 6.87. The number of anilines is 2. The third kappa shape index (κ3) is 4.22. The Hall–Kier alpha value is -4.10. The summed E-state index contributed by atoms with van der Waals surface area (Å²) in [5.74, 6) is 1.80. The minimum Gasteiger partial charge on any atom is -0.369 e. The number of aryl methyl sites for hydroxylation is 2. The fourth-order valence-corrected chi connectivity index (χ4v) is 5.00. The van der Waals surface area contributed by atoms with E-state index in [0.717, 1.165) is 71.5 Å². The van der Waals surface area contributed by atoms with Crippen LogP contribution in [-0.4, -0.2) is 40.7 Å². The van der Waals surface area contributed by atoms with Gasteiger partial charge in [-0.25, -0.2) is 4.98 Å². The van der Waals surface area contributed by atoms with E-state index in [2.05, 4.69) is 92.0 Å². The van der Waals surface area contributed by atoms with Crippen molar-refractivity contribution in [1.82, 2.24) is 19.9 Å². The molecule has 1 fully saturated rings. The lowest BCUT2D eigenvalue weighted by Gasteiger charge is -2.29. The molecule has 1 aliphatic heterocycles. The summed E-state index contributed by atoms with van der Waals surface area (Å²) in [4.78, 5) is 7.52. The molecule has 0 amide bonds. The molecule has 3 aromatic heterocycles. The first kappa shape index (κ1) is 22.4. The van der Waals surface area contributed by atoms with Gasteiger partial charge >= 0.3 is 0 Å². The third-order valence-corrected chi connectivity index (χ3v) is 6.87. The molecular formula is C29H30N6O. The molecule has 5 aromatic rings. The standard InChI is InChI=1S/C29H30N6O/c1-20-27(21(2)36-33-20)24-12-15-35-26(18-24)32-28(29(35)31-19-22-6-4-3-5-7-22)23-8-10-25(11-9-23)34-16-13-30-14-17-34/h3-12,15,18,30-31H,13-14,16-17,19H2,1-2H3. The van der Waals surface area contributed by atoms with Gasteiger partial charge in [0.05, 0.1) is 5.69 Å². The maximum Gasteiger partial charge on any atom is 0.141 e. The number of piperazine rings is 1. The van der Waals surface area contributed by atoms with E-state index < -0.39 is 0 Å². The summed E-state index contributed by atoms with van der Waals surface area (Å²) in [7, 11) is 0. The number of nitrogens with zero attached hydrogens (tertiary/aromatic N) is 4. The highest BCUT2D eigenvalue weighted by atomic mass is 16.5. The van der Waals surface area contributed by atoms with E-state index in [9.17, 15) is 0 Å². The molecule has 0 radical (unpaired) electrons. The quantitative estimate of drug-likeness (QED) is 0.345. The number of rotatable bonds is 6. The molecular weight excluding hydrogens is 448 g/mol. The minimum atomic E-state index is 0.714. The zero-order valence-electron chi connectivity index (χ0n) is 20.7. The summed E-state index contributed by atoms with van der Waals surface area (Å²) in [5, 5.41) is 11.2. The summed E-state index contributed by atoms with van der Waals surface area (Å²) in [5.41, 5.74) is 8.35. The number of fused-ring (bicyclic) bond motifs is 1. The van der Waals surface area contributed by atoms with E-state index in [1.807, 2.05) is 19.9 Å². The number of nitrogens with one attached hydrogen (secondary N) is 2. The lowest BCUT2D eigenvalue weighted by molar-refractivity contribution is 0.393. The molecule has 2 aromatic carbocycles. The second kappa shape index (κ2) is 9.51. The Morgan fingerprint density at radius 2 is 1.72 bits per heavy atom. The fourth-order valence-electron chi connectivity index (χ4n) is 5.00. The highest BCUT2D eigenvalue weighted by Gasteiger charge is 2.18. The van der Waals surface area contributed by atoms with Crippen molar-refractivity contribution in [3.05, 3.63) is 89.9 Å². The Kier molecular flexibility index (Phi) is 5.91. The van der Waals surface area contributed by atoms with Gasteiger partial charge in [-0.1, -0.05) is 47.6 Å². The van der Waals surface area contributed by atoms with Crippen LogP contribution in [0.15, 0.2) is 77.4 Å². The van der Waals surface area contributed by atoms with E-state index in [4.69, 9.17) is 9.51 Å². The van der Waals surface area contributed by atoms with Crippen LogP contribution in [0.25, 0.3) is 28.0 Å². The predicted octanol–water partition coefficient (Wildman–Crippen LogP) is 5.29.